The van der Waals surface area contributed by atoms with E-state index in [0.29, 0.717) is 11.6 Å². The largest absolute Gasteiger partial charge is 0.302 e. The van der Waals surface area contributed by atoms with Crippen LogP contribution in [-0.4, -0.2) is 16.4 Å². The van der Waals surface area contributed by atoms with E-state index >= 15 is 0 Å². The van der Waals surface area contributed by atoms with Gasteiger partial charge in [0.1, 0.15) is 6.04 Å². The van der Waals surface area contributed by atoms with Gasteiger partial charge in [-0.15, -0.1) is 0 Å². The van der Waals surface area contributed by atoms with Crippen LogP contribution >= 0.6 is 0 Å². The van der Waals surface area contributed by atoms with Gasteiger partial charge in [-0.1, -0.05) is 46.8 Å². The number of rotatable bonds is 2. The summed E-state index contributed by atoms with van der Waals surface area (Å²) in [4.78, 5) is 35.5. The molecule has 1 aliphatic heterocycles. The Balaban J connectivity index is 0.00000123. The molecule has 1 N–H and O–H groups in total. The third kappa shape index (κ3) is 5.18. The fraction of sp³-hybridized carbons (Fsp3) is 0.526. The van der Waals surface area contributed by atoms with E-state index in [1.54, 1.807) is 19.2 Å². The number of amides is 2. The zero-order valence-electron chi connectivity index (χ0n) is 15.7. The number of hydrogen-bond donors (Lipinski definition) is 1. The summed E-state index contributed by atoms with van der Waals surface area (Å²) in [5.41, 5.74) is -0.191. The molecule has 0 aliphatic carbocycles. The minimum atomic E-state index is -0.602. The van der Waals surface area contributed by atoms with Crippen LogP contribution in [0.2, 0.25) is 0 Å². The Labute approximate surface area is 144 Å². The van der Waals surface area contributed by atoms with Gasteiger partial charge in [0.15, 0.2) is 0 Å². The smallest absolute Gasteiger partial charge is 0.258 e. The number of imide groups is 1. The minimum Gasteiger partial charge on any atom is -0.302 e. The van der Waals surface area contributed by atoms with E-state index in [-0.39, 0.29) is 17.9 Å². The highest BCUT2D eigenvalue weighted by Gasteiger charge is 2.28. The minimum absolute atomic E-state index is 0.191. The standard InChI is InChI=1S/C15H18N2O3.2C2H6/c1-3-5-10-8-9-17(15(20)11(10)4-2)12-6-7-13(18)16-14(12)19;2*1-2/h4-5,8-9,12H,3,6-7H2,1-2H3,(H,16,18,19);2*1-2H3/b10-5-,11-4+;;. The van der Waals surface area contributed by atoms with Gasteiger partial charge in [-0.3, -0.25) is 19.7 Å². The van der Waals surface area contributed by atoms with Crippen molar-refractivity contribution in [2.75, 3.05) is 0 Å². The van der Waals surface area contributed by atoms with Crippen LogP contribution < -0.4 is 21.3 Å². The molecule has 2 amide bonds. The van der Waals surface area contributed by atoms with Crippen molar-refractivity contribution in [3.63, 3.8) is 0 Å². The number of piperidine rings is 1. The number of pyridine rings is 1. The highest BCUT2D eigenvalue weighted by Crippen LogP contribution is 2.15. The lowest BCUT2D eigenvalue weighted by Crippen LogP contribution is -2.50. The number of aromatic nitrogens is 1. The first-order valence-electron chi connectivity index (χ1n) is 8.79. The molecular formula is C19H30N2O3. The molecule has 24 heavy (non-hydrogen) atoms. The summed E-state index contributed by atoms with van der Waals surface area (Å²) in [5.74, 6) is -0.685. The number of hydrogen-bond acceptors (Lipinski definition) is 3. The van der Waals surface area contributed by atoms with Crippen LogP contribution in [0, 0.1) is 0 Å². The molecule has 1 atom stereocenters. The Bertz CT molecular complexity index is 717. The van der Waals surface area contributed by atoms with Crippen LogP contribution in [0.3, 0.4) is 0 Å². The molecule has 0 saturated carbocycles. The Morgan fingerprint density at radius 3 is 2.33 bits per heavy atom. The first kappa shape index (κ1) is 21.8. The Kier molecular flexibility index (Phi) is 10.3. The normalized spacial score (nSPS) is 18.2. The lowest BCUT2D eigenvalue weighted by Gasteiger charge is -2.22. The van der Waals surface area contributed by atoms with Gasteiger partial charge in [-0.25, -0.2) is 0 Å². The lowest BCUT2D eigenvalue weighted by molar-refractivity contribution is -0.135. The molecule has 0 spiro atoms. The van der Waals surface area contributed by atoms with E-state index in [1.165, 1.54) is 4.57 Å². The van der Waals surface area contributed by atoms with Gasteiger partial charge in [0.05, 0.1) is 0 Å². The Morgan fingerprint density at radius 2 is 1.83 bits per heavy atom. The van der Waals surface area contributed by atoms with Crippen molar-refractivity contribution in [2.24, 2.45) is 0 Å². The van der Waals surface area contributed by atoms with E-state index in [2.05, 4.69) is 5.32 Å². The van der Waals surface area contributed by atoms with Crippen LogP contribution in [0.25, 0.3) is 12.2 Å². The van der Waals surface area contributed by atoms with Crippen molar-refractivity contribution < 1.29 is 9.59 Å². The molecule has 1 unspecified atom stereocenters. The third-order valence-electron chi connectivity index (χ3n) is 3.45. The first-order chi connectivity index (χ1) is 11.6. The molecule has 5 heteroatoms. The van der Waals surface area contributed by atoms with Crippen molar-refractivity contribution >= 4 is 24.0 Å². The second-order valence-corrected chi connectivity index (χ2v) is 4.77. The highest BCUT2D eigenvalue weighted by molar-refractivity contribution is 5.99. The van der Waals surface area contributed by atoms with Gasteiger partial charge in [-0.05, 0) is 31.1 Å². The van der Waals surface area contributed by atoms with Gasteiger partial charge < -0.3 is 4.57 Å². The quantitative estimate of drug-likeness (QED) is 0.840. The third-order valence-corrected chi connectivity index (χ3v) is 3.45. The summed E-state index contributed by atoms with van der Waals surface area (Å²) in [5, 5.41) is 3.75. The summed E-state index contributed by atoms with van der Waals surface area (Å²) in [7, 11) is 0. The number of nitrogens with zero attached hydrogens (tertiary/aromatic N) is 1. The average Bonchev–Trinajstić information content (AvgIpc) is 2.60. The molecule has 134 valence electrons. The van der Waals surface area contributed by atoms with E-state index in [1.807, 2.05) is 46.8 Å². The number of carbonyl (C=O) groups is 2. The van der Waals surface area contributed by atoms with Crippen molar-refractivity contribution in [3.8, 4) is 0 Å². The van der Waals surface area contributed by atoms with Gasteiger partial charge >= 0.3 is 0 Å². The zero-order valence-corrected chi connectivity index (χ0v) is 15.7. The summed E-state index contributed by atoms with van der Waals surface area (Å²) in [6.45, 7) is 11.8. The lowest BCUT2D eigenvalue weighted by atomic mass is 10.1. The summed E-state index contributed by atoms with van der Waals surface area (Å²) in [6.07, 6.45) is 6.83. The second kappa shape index (κ2) is 11.4. The van der Waals surface area contributed by atoms with E-state index in [4.69, 9.17) is 0 Å². The maximum Gasteiger partial charge on any atom is 0.258 e. The molecule has 2 rings (SSSR count). The summed E-state index contributed by atoms with van der Waals surface area (Å²) in [6, 6.07) is 1.23. The van der Waals surface area contributed by atoms with Crippen molar-refractivity contribution in [1.29, 1.82) is 0 Å². The molecule has 0 bridgehead atoms. The fourth-order valence-electron chi connectivity index (χ4n) is 2.46. The molecule has 1 saturated heterocycles. The molecular weight excluding hydrogens is 304 g/mol. The van der Waals surface area contributed by atoms with Crippen molar-refractivity contribution in [3.05, 3.63) is 33.1 Å². The summed E-state index contributed by atoms with van der Waals surface area (Å²) >= 11 is 0. The maximum absolute atomic E-state index is 12.5. The molecule has 1 aliphatic rings. The zero-order chi connectivity index (χ0) is 18.7. The molecule has 5 nitrogen and oxygen atoms in total. The first-order valence-corrected chi connectivity index (χ1v) is 8.79. The fourth-order valence-corrected chi connectivity index (χ4v) is 2.46. The molecule has 2 heterocycles. The average molecular weight is 334 g/mol. The Hall–Kier alpha value is -2.17. The van der Waals surface area contributed by atoms with Gasteiger partial charge in [-0.2, -0.15) is 0 Å². The number of carbonyl (C=O) groups excluding carboxylic acids is 2. The predicted octanol–water partition coefficient (Wildman–Crippen LogP) is 1.87. The van der Waals surface area contributed by atoms with Gasteiger partial charge in [0.25, 0.3) is 5.56 Å². The maximum atomic E-state index is 12.5. The molecule has 0 radical (unpaired) electrons. The molecule has 1 aromatic heterocycles. The molecule has 1 fully saturated rings. The van der Waals surface area contributed by atoms with Crippen LogP contribution in [-0.2, 0) is 9.59 Å². The monoisotopic (exact) mass is 334 g/mol. The van der Waals surface area contributed by atoms with Gasteiger partial charge in [0, 0.05) is 17.8 Å². The van der Waals surface area contributed by atoms with Crippen molar-refractivity contribution in [1.82, 2.24) is 9.88 Å². The molecule has 0 aromatic carbocycles. The van der Waals surface area contributed by atoms with Gasteiger partial charge in [0.2, 0.25) is 11.8 Å². The second-order valence-electron chi connectivity index (χ2n) is 4.77. The Morgan fingerprint density at radius 1 is 1.21 bits per heavy atom. The van der Waals surface area contributed by atoms with E-state index < -0.39 is 11.9 Å². The number of nitrogens with one attached hydrogen (secondary N) is 1. The van der Waals surface area contributed by atoms with E-state index in [0.717, 1.165) is 11.6 Å². The highest BCUT2D eigenvalue weighted by atomic mass is 16.2. The van der Waals surface area contributed by atoms with Crippen molar-refractivity contribution in [2.45, 2.75) is 66.8 Å². The molecule has 1 aromatic rings. The van der Waals surface area contributed by atoms with Crippen LogP contribution in [0.5, 0.6) is 0 Å². The van der Waals surface area contributed by atoms with Crippen LogP contribution in [0.4, 0.5) is 0 Å². The topological polar surface area (TPSA) is 68.2 Å². The summed E-state index contributed by atoms with van der Waals surface area (Å²) < 4.78 is 1.42. The van der Waals surface area contributed by atoms with Crippen LogP contribution in [0.1, 0.15) is 66.8 Å². The predicted molar refractivity (Wildman–Crippen MR) is 99.0 cm³/mol. The van der Waals surface area contributed by atoms with E-state index in [9.17, 15) is 14.4 Å². The SMILES string of the molecule is C/C=c1/c(=O)n(C2CCC(=O)NC2=O)cc/c1=C/CC.CC.CC. The van der Waals surface area contributed by atoms with Crippen LogP contribution in [0.15, 0.2) is 17.1 Å².